The molecule has 59 nitrogen and oxygen atoms in total. The van der Waals surface area contributed by atoms with Crippen LogP contribution in [0.4, 0.5) is 22.4 Å². The van der Waals surface area contributed by atoms with E-state index in [-0.39, 0.29) is 196 Å². The molecule has 0 heterocycles. The zero-order valence-corrected chi connectivity index (χ0v) is 93.3. The van der Waals surface area contributed by atoms with Crippen molar-refractivity contribution in [1.29, 1.82) is 0 Å². The van der Waals surface area contributed by atoms with Crippen molar-refractivity contribution in [2.75, 3.05) is 217 Å². The molecule has 0 saturated heterocycles. The maximum Gasteiger partial charge on any atom is 0.267 e. The van der Waals surface area contributed by atoms with Gasteiger partial charge in [0.15, 0.2) is 0 Å². The summed E-state index contributed by atoms with van der Waals surface area (Å²) in [7, 11) is -65.1. The summed E-state index contributed by atoms with van der Waals surface area (Å²) in [6, 6.07) is 0. The number of hydrogen-bond donors (Lipinski definition) is 7. The Hall–Kier alpha value is 7.15. The Morgan fingerprint density at radius 2 is 0.270 bits per heavy atom. The normalized spacial score (nSPS) is 20.4. The molecule has 22 unspecified atom stereocenters. The first-order chi connectivity index (χ1) is 55.5. The molecule has 0 aliphatic carbocycles. The van der Waals surface area contributed by atoms with Gasteiger partial charge in [-0.2, -0.15) is 27.7 Å². The van der Waals surface area contributed by atoms with E-state index in [1.165, 1.54) is 0 Å². The number of hydrogen-bond acceptors (Lipinski definition) is 51. The van der Waals surface area contributed by atoms with Crippen LogP contribution >= 0.6 is 93.9 Å². The van der Waals surface area contributed by atoms with Crippen molar-refractivity contribution in [3.05, 3.63) is 34.4 Å². The zero-order chi connectivity index (χ0) is 91.8. The van der Waals surface area contributed by atoms with Crippen LogP contribution in [0.3, 0.4) is 0 Å². The van der Waals surface area contributed by atoms with E-state index in [9.17, 15) is 136 Å². The number of halogens is 5. The SMILES string of the molecule is [NH-]CC(COP(=O)([O-])O)COP(=O)([O-])OCC(CNF)COP(=O)([O-])OCC(C[NH-])COP(=O)([O-])OCC(CNF)COP(=O)([O-])OCC(C[NH-])COP(=O)([O-])OCC(CNF)COP(=O)([O-])OCC(C[NH-])COP(=O)([O-])OCC(CNF)COP(=O)([O-])OCC(C[NH-])COP(=O)([O-])OCC(CNF)COP(=O)([O-])OCC(C[NH-])COP(=O)([O-])O.[Y].[Y].[Y].[Y].[Y].[Y]. The molecule has 0 aliphatic heterocycles. The Kier molecular flexibility index (Phi) is 89.0. The zero-order valence-electron chi connectivity index (χ0n) is 65.6. The van der Waals surface area contributed by atoms with Crippen molar-refractivity contribution < 1.29 is 441 Å². The molecule has 740 valence electrons. The van der Waals surface area contributed by atoms with E-state index in [0.717, 1.165) is 27.7 Å². The summed E-state index contributed by atoms with van der Waals surface area (Å²) in [6.45, 7) is -31.7. The average molecular weight is 2540 g/mol. The van der Waals surface area contributed by atoms with E-state index in [0.29, 0.717) is 0 Å². The molecule has 82 heteroatoms. The largest absolute Gasteiger partial charge is 0.756 e. The van der Waals surface area contributed by atoms with Crippen LogP contribution in [0.25, 0.3) is 34.4 Å². The fourth-order valence-corrected chi connectivity index (χ4v) is 16.5. The minimum Gasteiger partial charge on any atom is -0.756 e. The van der Waals surface area contributed by atoms with Gasteiger partial charge in [-0.05, 0) is 35.5 Å². The van der Waals surface area contributed by atoms with Crippen LogP contribution in [0.1, 0.15) is 0 Å². The molecule has 0 fully saturated rings. The summed E-state index contributed by atoms with van der Waals surface area (Å²) in [6.07, 6.45) is 0. The number of rotatable bonds is 82. The van der Waals surface area contributed by atoms with E-state index in [4.69, 9.17) is 44.2 Å². The Morgan fingerprint density at radius 3 is 0.341 bits per heavy atom. The van der Waals surface area contributed by atoms with E-state index in [2.05, 4.69) is 99.5 Å². The molecule has 0 rings (SSSR count). The summed E-state index contributed by atoms with van der Waals surface area (Å²) in [4.78, 5) is 164. The van der Waals surface area contributed by atoms with E-state index in [1.54, 1.807) is 0 Å². The summed E-state index contributed by atoms with van der Waals surface area (Å²) in [5.74, 6) is -15.7. The van der Waals surface area contributed by atoms with Gasteiger partial charge in [-0.3, -0.25) is 54.8 Å². The average Bonchev–Trinajstić information content (AvgIpc) is 0.865. The standard InChI is InChI=1S/C44H102F5N11O48P12.6Y/c45-56-7-40(24-99-111(67,68)89-14-34(1-50)12-87-109(61,62)63)26-101-113(71,72)91-16-36(3-52)18-93-115(75,76)103-28-42(9-58-47)30-105-117(79,80)95-20-38(5-54)22-97-119(83,84)107-32-44(11-60-49)33-108-120(85,86)98-23-39(6-55)21-96-118(81,82)106-31-43(10-59-48)29-104-116(77,78)94-19-37(4-53)17-92-114(73,74)102-27-41(8-57-46)25-100-112(69,70)90-15-35(2-51)13-88-110(64,65)66;;;;;;/h34-44,50-60H,1-33H2,(H,67,68)(H,69,70)(H,71,72)(H,73,74)(H,75,76)(H,77,78)(H,79,80)(H,81,82)(H,83,84)(H,85,86)(H2,61,62,63)(H2,64,65,66);;;;;;/q-6;;;;;;/p-12. The van der Waals surface area contributed by atoms with Crippen LogP contribution in [0.5, 0.6) is 0 Å². The summed E-state index contributed by atoms with van der Waals surface area (Å²) in [5.41, 5.74) is 50.6. The molecule has 126 heavy (non-hydrogen) atoms. The Balaban J connectivity index is -0.00000472. The Labute approximate surface area is 869 Å². The van der Waals surface area contributed by atoms with Crippen molar-refractivity contribution in [3.8, 4) is 0 Å². The maximum absolute atomic E-state index is 13.2. The molecule has 0 aromatic rings. The number of phosphoric ester groups is 12. The second-order valence-corrected chi connectivity index (χ2v) is 40.9. The third kappa shape index (κ3) is 80.5. The van der Waals surface area contributed by atoms with Gasteiger partial charge in [0.1, 0.15) is 0 Å². The molecular formula is C44H90F5N11O48P12Y6-18. The Bertz CT molecular complexity index is 3260. The van der Waals surface area contributed by atoms with E-state index in [1.807, 2.05) is 0 Å². The molecule has 0 bridgehead atoms. The summed E-state index contributed by atoms with van der Waals surface area (Å²) < 4.78 is 312. The van der Waals surface area contributed by atoms with Gasteiger partial charge in [0.05, 0.1) is 145 Å². The summed E-state index contributed by atoms with van der Waals surface area (Å²) >= 11 is 0. The van der Waals surface area contributed by atoms with E-state index >= 15 is 0 Å². The molecule has 22 atom stereocenters. The van der Waals surface area contributed by atoms with Crippen LogP contribution in [0, 0.1) is 65.1 Å². The maximum atomic E-state index is 13.2. The second kappa shape index (κ2) is 76.7. The molecule has 6 radical (unpaired) electrons. The monoisotopic (exact) mass is 2540 g/mol. The first kappa shape index (κ1) is 146. The van der Waals surface area contributed by atoms with E-state index < -0.39 is 376 Å². The molecule has 0 spiro atoms. The smallest absolute Gasteiger partial charge is 0.267 e. The predicted octanol–water partition coefficient (Wildman–Crippen LogP) is -2.60. The molecule has 0 aromatic heterocycles. The van der Waals surface area contributed by atoms with Gasteiger partial charge in [-0.1, -0.05) is 0 Å². The molecule has 13 N–H and O–H groups in total. The van der Waals surface area contributed by atoms with Crippen LogP contribution in [0.2, 0.25) is 0 Å². The van der Waals surface area contributed by atoms with Gasteiger partial charge in [0.25, 0.3) is 93.9 Å². The molecular weight excluding hydrogens is 2450 g/mol. The first-order valence-corrected chi connectivity index (χ1v) is 51.1. The summed E-state index contributed by atoms with van der Waals surface area (Å²) in [5, 5.41) is 0. The fraction of sp³-hybridized carbons (Fsp3) is 1.00. The second-order valence-electron chi connectivity index (χ2n) is 24.4. The van der Waals surface area contributed by atoms with Gasteiger partial charge >= 0.3 is 0 Å². The quantitative estimate of drug-likeness (QED) is 0.0187. The van der Waals surface area contributed by atoms with Crippen LogP contribution in [0.15, 0.2) is 0 Å². The van der Waals surface area contributed by atoms with Crippen LogP contribution < -0.4 is 86.4 Å². The van der Waals surface area contributed by atoms with Crippen LogP contribution in [-0.2, 0) is 351 Å². The topological polar surface area (TPSA) is 928 Å². The van der Waals surface area contributed by atoms with Crippen molar-refractivity contribution in [2.45, 2.75) is 0 Å². The van der Waals surface area contributed by atoms with Crippen molar-refractivity contribution in [2.24, 2.45) is 65.1 Å². The van der Waals surface area contributed by atoms with Gasteiger partial charge in [0.2, 0.25) is 0 Å². The number of phosphoric acid groups is 12. The third-order valence-electron chi connectivity index (χ3n) is 13.9. The van der Waals surface area contributed by atoms with Gasteiger partial charge in [-0.25, -0.2) is 0 Å². The van der Waals surface area contributed by atoms with Gasteiger partial charge in [0, 0.05) is 259 Å². The van der Waals surface area contributed by atoms with Gasteiger partial charge < -0.3 is 202 Å². The molecule has 0 aliphatic rings. The predicted molar refractivity (Wildman–Crippen MR) is 366 cm³/mol. The van der Waals surface area contributed by atoms with Crippen molar-refractivity contribution in [1.82, 2.24) is 27.7 Å². The molecule has 0 saturated carbocycles. The van der Waals surface area contributed by atoms with Crippen LogP contribution in [-0.4, -0.2) is 227 Å². The fourth-order valence-electron chi connectivity index (χ4n) is 7.08. The molecule has 0 aromatic carbocycles. The van der Waals surface area contributed by atoms with Crippen molar-refractivity contribution >= 4 is 93.9 Å². The first-order valence-electron chi connectivity index (χ1n) is 33.5. The third-order valence-corrected chi connectivity index (χ3v) is 24.1. The number of nitrogens with one attached hydrogen (secondary N) is 11. The minimum absolute atomic E-state index is 0. The minimum atomic E-state index is -5.54. The van der Waals surface area contributed by atoms with Crippen molar-refractivity contribution in [3.63, 3.8) is 0 Å². The van der Waals surface area contributed by atoms with Gasteiger partial charge in [-0.15, -0.1) is 61.7 Å². The molecule has 0 amide bonds. The Morgan fingerprint density at radius 1 is 0.190 bits per heavy atom.